The number of hydrogen-bond acceptors (Lipinski definition) is 5. The number of nitrogens with one attached hydrogen (secondary N) is 1. The first-order valence-corrected chi connectivity index (χ1v) is 11.5. The lowest BCUT2D eigenvalue weighted by Crippen LogP contribution is -2.35. The molecule has 0 fully saturated rings. The monoisotopic (exact) mass is 450 g/mol. The Kier molecular flexibility index (Phi) is 5.71. The molecule has 0 bridgehead atoms. The quantitative estimate of drug-likeness (QED) is 0.596. The molecule has 3 aromatic rings. The van der Waals surface area contributed by atoms with E-state index in [0.29, 0.717) is 17.7 Å². The van der Waals surface area contributed by atoms with Crippen molar-refractivity contribution in [2.24, 2.45) is 0 Å². The predicted octanol–water partition coefficient (Wildman–Crippen LogP) is 3.87. The molecule has 0 unspecified atom stereocenters. The summed E-state index contributed by atoms with van der Waals surface area (Å²) in [6.07, 6.45) is 0.538. The van der Waals surface area contributed by atoms with Crippen molar-refractivity contribution in [3.63, 3.8) is 0 Å². The number of ether oxygens (including phenoxy) is 1. The van der Waals surface area contributed by atoms with Crippen LogP contribution in [0.4, 0.5) is 11.4 Å². The smallest absolute Gasteiger partial charge is 0.339 e. The molecule has 0 aliphatic carbocycles. The van der Waals surface area contributed by atoms with E-state index in [2.05, 4.69) is 4.72 Å². The van der Waals surface area contributed by atoms with Crippen molar-refractivity contribution in [1.29, 1.82) is 0 Å². The lowest BCUT2D eigenvalue weighted by molar-refractivity contribution is 0.0602. The Morgan fingerprint density at radius 3 is 2.41 bits per heavy atom. The number of carbonyl (C=O) groups is 2. The molecule has 1 heterocycles. The van der Waals surface area contributed by atoms with Gasteiger partial charge in [-0.25, -0.2) is 13.2 Å². The summed E-state index contributed by atoms with van der Waals surface area (Å²) in [5.41, 5.74) is 2.29. The second-order valence-electron chi connectivity index (χ2n) is 7.53. The number of hydrogen-bond donors (Lipinski definition) is 1. The van der Waals surface area contributed by atoms with E-state index in [1.54, 1.807) is 41.3 Å². The van der Waals surface area contributed by atoms with Crippen molar-refractivity contribution in [3.05, 3.63) is 89.5 Å². The van der Waals surface area contributed by atoms with Crippen LogP contribution in [0.15, 0.2) is 77.7 Å². The van der Waals surface area contributed by atoms with Crippen molar-refractivity contribution in [1.82, 2.24) is 0 Å². The van der Waals surface area contributed by atoms with Crippen LogP contribution in [0.5, 0.6) is 0 Å². The largest absolute Gasteiger partial charge is 0.465 e. The number of esters is 1. The first-order chi connectivity index (χ1) is 15.3. The van der Waals surface area contributed by atoms with Crippen LogP contribution in [-0.2, 0) is 21.2 Å². The maximum absolute atomic E-state index is 13.0. The molecular weight excluding hydrogens is 428 g/mol. The zero-order chi connectivity index (χ0) is 22.9. The van der Waals surface area contributed by atoms with E-state index in [-0.39, 0.29) is 28.1 Å². The van der Waals surface area contributed by atoms with E-state index in [1.165, 1.54) is 25.3 Å². The van der Waals surface area contributed by atoms with E-state index in [0.717, 1.165) is 5.56 Å². The van der Waals surface area contributed by atoms with E-state index >= 15 is 0 Å². The molecule has 0 saturated heterocycles. The van der Waals surface area contributed by atoms with Crippen molar-refractivity contribution in [2.45, 2.75) is 24.3 Å². The number of sulfonamides is 1. The van der Waals surface area contributed by atoms with Crippen molar-refractivity contribution in [2.75, 3.05) is 16.7 Å². The van der Waals surface area contributed by atoms with Gasteiger partial charge in [-0.3, -0.25) is 9.52 Å². The molecular formula is C24H22N2O5S. The van der Waals surface area contributed by atoms with Gasteiger partial charge in [0, 0.05) is 17.3 Å². The number of fused-ring (bicyclic) bond motifs is 1. The minimum atomic E-state index is -3.97. The van der Waals surface area contributed by atoms with Crippen LogP contribution < -0.4 is 9.62 Å². The number of benzene rings is 3. The zero-order valence-electron chi connectivity index (χ0n) is 17.6. The minimum Gasteiger partial charge on any atom is -0.465 e. The van der Waals surface area contributed by atoms with Crippen LogP contribution in [0.3, 0.4) is 0 Å². The second-order valence-corrected chi connectivity index (χ2v) is 9.21. The van der Waals surface area contributed by atoms with E-state index in [1.807, 2.05) is 25.1 Å². The number of amides is 1. The molecule has 7 nitrogen and oxygen atoms in total. The highest BCUT2D eigenvalue weighted by Gasteiger charge is 2.32. The highest BCUT2D eigenvalue weighted by molar-refractivity contribution is 7.92. The highest BCUT2D eigenvalue weighted by Crippen LogP contribution is 2.35. The number of rotatable bonds is 5. The third kappa shape index (κ3) is 3.97. The van der Waals surface area contributed by atoms with Crippen molar-refractivity contribution in [3.8, 4) is 0 Å². The first kappa shape index (κ1) is 21.6. The van der Waals surface area contributed by atoms with Gasteiger partial charge in [-0.2, -0.15) is 0 Å². The van der Waals surface area contributed by atoms with Gasteiger partial charge in [0.15, 0.2) is 0 Å². The van der Waals surface area contributed by atoms with Gasteiger partial charge >= 0.3 is 5.97 Å². The van der Waals surface area contributed by atoms with Crippen molar-refractivity contribution >= 4 is 33.3 Å². The fourth-order valence-corrected chi connectivity index (χ4v) is 5.00. The van der Waals surface area contributed by atoms with Gasteiger partial charge in [0.05, 0.1) is 23.3 Å². The maximum Gasteiger partial charge on any atom is 0.339 e. The fourth-order valence-electron chi connectivity index (χ4n) is 3.87. The van der Waals surface area contributed by atoms with Gasteiger partial charge in [0.1, 0.15) is 0 Å². The average molecular weight is 451 g/mol. The molecule has 1 N–H and O–H groups in total. The molecule has 164 valence electrons. The summed E-state index contributed by atoms with van der Waals surface area (Å²) in [6, 6.07) is 19.8. The third-order valence-electron chi connectivity index (χ3n) is 5.39. The third-order valence-corrected chi connectivity index (χ3v) is 6.76. The number of anilines is 2. The molecule has 0 aromatic heterocycles. The lowest BCUT2D eigenvalue weighted by Gasteiger charge is -2.23. The molecule has 0 saturated carbocycles. The number of methoxy groups -OCH3 is 1. The molecule has 1 atom stereocenters. The van der Waals surface area contributed by atoms with E-state index < -0.39 is 16.0 Å². The summed E-state index contributed by atoms with van der Waals surface area (Å²) in [5, 5.41) is 0. The van der Waals surface area contributed by atoms with Crippen LogP contribution in [0.2, 0.25) is 0 Å². The summed E-state index contributed by atoms with van der Waals surface area (Å²) in [7, 11) is -2.73. The van der Waals surface area contributed by atoms with Crippen LogP contribution >= 0.6 is 0 Å². The van der Waals surface area contributed by atoms with Gasteiger partial charge in [-0.15, -0.1) is 0 Å². The van der Waals surface area contributed by atoms with Gasteiger partial charge in [-0.1, -0.05) is 30.3 Å². The maximum atomic E-state index is 13.0. The molecule has 0 radical (unpaired) electrons. The molecule has 4 rings (SSSR count). The number of para-hydroxylation sites is 1. The highest BCUT2D eigenvalue weighted by atomic mass is 32.2. The molecule has 32 heavy (non-hydrogen) atoms. The number of carbonyl (C=O) groups excluding carboxylic acids is 2. The van der Waals surface area contributed by atoms with Gasteiger partial charge < -0.3 is 9.64 Å². The van der Waals surface area contributed by atoms with Crippen molar-refractivity contribution < 1.29 is 22.7 Å². The predicted molar refractivity (Wildman–Crippen MR) is 121 cm³/mol. The van der Waals surface area contributed by atoms with Gasteiger partial charge in [0.25, 0.3) is 15.9 Å². The van der Waals surface area contributed by atoms with E-state index in [4.69, 9.17) is 4.74 Å². The molecule has 3 aromatic carbocycles. The summed E-state index contributed by atoms with van der Waals surface area (Å²) < 4.78 is 33.3. The Morgan fingerprint density at radius 2 is 1.69 bits per heavy atom. The second kappa shape index (κ2) is 8.47. The Balaban J connectivity index is 1.65. The molecule has 1 aliphatic rings. The fraction of sp³-hybridized carbons (Fsp3) is 0.167. The topological polar surface area (TPSA) is 92.8 Å². The summed E-state index contributed by atoms with van der Waals surface area (Å²) in [5.74, 6) is -0.765. The normalized spacial score (nSPS) is 15.2. The van der Waals surface area contributed by atoms with Crippen LogP contribution in [0, 0.1) is 0 Å². The van der Waals surface area contributed by atoms with E-state index in [9.17, 15) is 18.0 Å². The first-order valence-electron chi connectivity index (χ1n) is 10.0. The Bertz CT molecular complexity index is 1290. The van der Waals surface area contributed by atoms with Crippen LogP contribution in [0.1, 0.15) is 33.2 Å². The molecule has 1 aliphatic heterocycles. The number of nitrogens with zero attached hydrogens (tertiary/aromatic N) is 1. The average Bonchev–Trinajstić information content (AvgIpc) is 3.13. The van der Waals surface area contributed by atoms with Gasteiger partial charge in [-0.05, 0) is 61.4 Å². The molecule has 1 amide bonds. The summed E-state index contributed by atoms with van der Waals surface area (Å²) in [6.45, 7) is 1.93. The molecule has 8 heteroatoms. The summed E-state index contributed by atoms with van der Waals surface area (Å²) in [4.78, 5) is 26.7. The SMILES string of the molecule is COC(=O)c1ccccc1NS(=O)(=O)c1ccc2c(c1)C[C@H](C)N2C(=O)c1ccccc1. The van der Waals surface area contributed by atoms with Gasteiger partial charge in [0.2, 0.25) is 0 Å². The Labute approximate surface area is 186 Å². The summed E-state index contributed by atoms with van der Waals surface area (Å²) >= 11 is 0. The standard InChI is InChI=1S/C24H22N2O5S/c1-16-14-18-15-19(12-13-22(18)26(16)23(27)17-8-4-3-5-9-17)32(29,30)25-21-11-7-6-10-20(21)24(28)31-2/h3-13,15-16,25H,14H2,1-2H3/t16-/m0/s1. The minimum absolute atomic E-state index is 0.0529. The Morgan fingerprint density at radius 1 is 1.00 bits per heavy atom. The Hall–Kier alpha value is -3.65. The van der Waals surface area contributed by atoms with Crippen LogP contribution in [-0.4, -0.2) is 33.4 Å². The molecule has 0 spiro atoms. The zero-order valence-corrected chi connectivity index (χ0v) is 18.4. The lowest BCUT2D eigenvalue weighted by atomic mass is 10.1. The van der Waals surface area contributed by atoms with Crippen LogP contribution in [0.25, 0.3) is 0 Å².